The smallest absolute Gasteiger partial charge is 0.118 e. The molecule has 2 aliphatic rings. The van der Waals surface area contributed by atoms with Gasteiger partial charge in [-0.3, -0.25) is 0 Å². The molecule has 4 heteroatoms. The summed E-state index contributed by atoms with van der Waals surface area (Å²) in [5, 5.41) is 6.40. The van der Waals surface area contributed by atoms with Gasteiger partial charge in [0.1, 0.15) is 6.17 Å². The molecule has 0 unspecified atom stereocenters. The lowest BCUT2D eigenvalue weighted by Gasteiger charge is -2.11. The van der Waals surface area contributed by atoms with Gasteiger partial charge >= 0.3 is 0 Å². The van der Waals surface area contributed by atoms with Gasteiger partial charge in [-0.15, -0.1) is 12.4 Å². The minimum Gasteiger partial charge on any atom is -0.314 e. The molecule has 0 amide bonds. The van der Waals surface area contributed by atoms with Crippen LogP contribution < -0.4 is 10.6 Å². The molecule has 0 aromatic carbocycles. The molecule has 2 N–H and O–H groups in total. The van der Waals surface area contributed by atoms with Crippen molar-refractivity contribution in [2.45, 2.75) is 25.1 Å². The summed E-state index contributed by atoms with van der Waals surface area (Å²) in [5.74, 6) is 0.218. The van der Waals surface area contributed by atoms with Gasteiger partial charge in [-0.25, -0.2) is 4.39 Å². The van der Waals surface area contributed by atoms with E-state index < -0.39 is 6.17 Å². The molecule has 2 atom stereocenters. The van der Waals surface area contributed by atoms with E-state index in [1.54, 1.807) is 0 Å². The quantitative estimate of drug-likeness (QED) is 0.692. The largest absolute Gasteiger partial charge is 0.314 e. The normalized spacial score (nSPS) is 34.8. The minimum absolute atomic E-state index is 0. The Labute approximate surface area is 78.7 Å². The standard InChI is InChI=1S/C8H15FN2.ClH/c9-8-5-10-3-6(8)4-11-7-1-2-7;/h6-8,10-11H,1-5H2;1H/t6-,8-;/m1./s1. The van der Waals surface area contributed by atoms with Crippen LogP contribution >= 0.6 is 12.4 Å². The van der Waals surface area contributed by atoms with Crippen LogP contribution in [0.3, 0.4) is 0 Å². The van der Waals surface area contributed by atoms with Gasteiger partial charge in [-0.2, -0.15) is 0 Å². The molecule has 0 bridgehead atoms. The molecule has 1 aliphatic carbocycles. The molecule has 1 aliphatic heterocycles. The number of nitrogens with one attached hydrogen (secondary N) is 2. The molecule has 2 fully saturated rings. The zero-order chi connectivity index (χ0) is 7.68. The van der Waals surface area contributed by atoms with Crippen LogP contribution in [0, 0.1) is 5.92 Å². The number of alkyl halides is 1. The SMILES string of the molecule is Cl.F[C@@H]1CNC[C@@H]1CNC1CC1. The van der Waals surface area contributed by atoms with Crippen LogP contribution in [0.2, 0.25) is 0 Å². The average Bonchev–Trinajstić information content (AvgIpc) is 2.73. The summed E-state index contributed by atoms with van der Waals surface area (Å²) in [6.07, 6.45) is 1.95. The van der Waals surface area contributed by atoms with E-state index in [-0.39, 0.29) is 18.3 Å². The molecule has 1 saturated heterocycles. The molecule has 0 aromatic rings. The Hall–Kier alpha value is 0.140. The van der Waals surface area contributed by atoms with E-state index in [9.17, 15) is 4.39 Å². The van der Waals surface area contributed by atoms with Crippen LogP contribution in [0.25, 0.3) is 0 Å². The predicted molar refractivity (Wildman–Crippen MR) is 49.5 cm³/mol. The van der Waals surface area contributed by atoms with E-state index in [2.05, 4.69) is 10.6 Å². The van der Waals surface area contributed by atoms with Gasteiger partial charge in [0.15, 0.2) is 0 Å². The third-order valence-electron chi connectivity index (χ3n) is 2.50. The summed E-state index contributed by atoms with van der Waals surface area (Å²) in [6.45, 7) is 2.26. The second kappa shape index (κ2) is 4.40. The fourth-order valence-corrected chi connectivity index (χ4v) is 1.51. The lowest BCUT2D eigenvalue weighted by Crippen LogP contribution is -2.29. The summed E-state index contributed by atoms with van der Waals surface area (Å²) >= 11 is 0. The van der Waals surface area contributed by atoms with Crippen LogP contribution in [0.1, 0.15) is 12.8 Å². The highest BCUT2D eigenvalue weighted by Gasteiger charge is 2.28. The van der Waals surface area contributed by atoms with Crippen molar-refractivity contribution in [1.82, 2.24) is 10.6 Å². The van der Waals surface area contributed by atoms with Crippen molar-refractivity contribution in [3.8, 4) is 0 Å². The number of hydrogen-bond donors (Lipinski definition) is 2. The highest BCUT2D eigenvalue weighted by molar-refractivity contribution is 5.85. The molecule has 1 saturated carbocycles. The van der Waals surface area contributed by atoms with Crippen LogP contribution in [-0.2, 0) is 0 Å². The molecule has 0 radical (unpaired) electrons. The number of halogens is 2. The maximum Gasteiger partial charge on any atom is 0.118 e. The monoisotopic (exact) mass is 194 g/mol. The maximum atomic E-state index is 13.0. The highest BCUT2D eigenvalue weighted by atomic mass is 35.5. The van der Waals surface area contributed by atoms with Crippen molar-refractivity contribution in [3.63, 3.8) is 0 Å². The molecule has 0 spiro atoms. The Kier molecular flexibility index (Phi) is 3.75. The molecular weight excluding hydrogens is 179 g/mol. The van der Waals surface area contributed by atoms with Gasteiger partial charge in [0.05, 0.1) is 0 Å². The van der Waals surface area contributed by atoms with Gasteiger partial charge in [-0.05, 0) is 12.8 Å². The summed E-state index contributed by atoms with van der Waals surface area (Å²) in [5.41, 5.74) is 0. The number of rotatable bonds is 3. The number of hydrogen-bond acceptors (Lipinski definition) is 2. The molecular formula is C8H16ClFN2. The van der Waals surface area contributed by atoms with Crippen molar-refractivity contribution in [2.24, 2.45) is 5.92 Å². The Morgan fingerprint density at radius 3 is 2.58 bits per heavy atom. The molecule has 1 heterocycles. The van der Waals surface area contributed by atoms with E-state index in [0.717, 1.165) is 13.1 Å². The van der Waals surface area contributed by atoms with Crippen molar-refractivity contribution >= 4 is 12.4 Å². The van der Waals surface area contributed by atoms with Gasteiger partial charge in [0, 0.05) is 31.6 Å². The zero-order valence-electron chi connectivity index (χ0n) is 7.05. The lowest BCUT2D eigenvalue weighted by molar-refractivity contribution is 0.276. The van der Waals surface area contributed by atoms with Gasteiger partial charge in [0.2, 0.25) is 0 Å². The van der Waals surface area contributed by atoms with Crippen LogP contribution in [0.5, 0.6) is 0 Å². The fourth-order valence-electron chi connectivity index (χ4n) is 1.51. The first-order chi connectivity index (χ1) is 5.36. The van der Waals surface area contributed by atoms with Crippen molar-refractivity contribution in [3.05, 3.63) is 0 Å². The molecule has 0 aromatic heterocycles. The molecule has 72 valence electrons. The topological polar surface area (TPSA) is 24.1 Å². The van der Waals surface area contributed by atoms with E-state index in [0.29, 0.717) is 12.6 Å². The second-order valence-electron chi connectivity index (χ2n) is 3.62. The summed E-state index contributed by atoms with van der Waals surface area (Å²) in [7, 11) is 0. The minimum atomic E-state index is -0.624. The second-order valence-corrected chi connectivity index (χ2v) is 3.62. The third-order valence-corrected chi connectivity index (χ3v) is 2.50. The highest BCUT2D eigenvalue weighted by Crippen LogP contribution is 2.20. The first-order valence-corrected chi connectivity index (χ1v) is 4.44. The zero-order valence-corrected chi connectivity index (χ0v) is 7.87. The van der Waals surface area contributed by atoms with Crippen LogP contribution in [0.15, 0.2) is 0 Å². The van der Waals surface area contributed by atoms with Crippen LogP contribution in [-0.4, -0.2) is 31.8 Å². The third kappa shape index (κ3) is 2.57. The van der Waals surface area contributed by atoms with Crippen molar-refractivity contribution in [1.29, 1.82) is 0 Å². The van der Waals surface area contributed by atoms with E-state index >= 15 is 0 Å². The maximum absolute atomic E-state index is 13.0. The average molecular weight is 195 g/mol. The van der Waals surface area contributed by atoms with Crippen molar-refractivity contribution < 1.29 is 4.39 Å². The Bertz CT molecular complexity index is 141. The van der Waals surface area contributed by atoms with Gasteiger partial charge in [0.25, 0.3) is 0 Å². The van der Waals surface area contributed by atoms with E-state index in [4.69, 9.17) is 0 Å². The van der Waals surface area contributed by atoms with Gasteiger partial charge < -0.3 is 10.6 Å². The Morgan fingerprint density at radius 2 is 2.08 bits per heavy atom. The summed E-state index contributed by atoms with van der Waals surface area (Å²) in [6, 6.07) is 0.711. The van der Waals surface area contributed by atoms with Crippen LogP contribution in [0.4, 0.5) is 4.39 Å². The van der Waals surface area contributed by atoms with Gasteiger partial charge in [-0.1, -0.05) is 0 Å². The molecule has 2 rings (SSSR count). The van der Waals surface area contributed by atoms with E-state index in [1.807, 2.05) is 0 Å². The predicted octanol–water partition coefficient (Wildman–Crippen LogP) is 0.718. The molecule has 12 heavy (non-hydrogen) atoms. The summed E-state index contributed by atoms with van der Waals surface area (Å²) in [4.78, 5) is 0. The molecule has 2 nitrogen and oxygen atoms in total. The Morgan fingerprint density at radius 1 is 1.33 bits per heavy atom. The first-order valence-electron chi connectivity index (χ1n) is 4.44. The van der Waals surface area contributed by atoms with Crippen molar-refractivity contribution in [2.75, 3.05) is 19.6 Å². The van der Waals surface area contributed by atoms with E-state index in [1.165, 1.54) is 12.8 Å². The first kappa shape index (κ1) is 10.2. The fraction of sp³-hybridized carbons (Fsp3) is 1.00. The summed E-state index contributed by atoms with van der Waals surface area (Å²) < 4.78 is 13.0. The Balaban J connectivity index is 0.000000720. The lowest BCUT2D eigenvalue weighted by atomic mass is 10.1.